The Morgan fingerprint density at radius 3 is 2.44 bits per heavy atom. The van der Waals surface area contributed by atoms with Gasteiger partial charge in [-0.1, -0.05) is 36.8 Å². The SMILES string of the molecule is Cc1ccc(CNCC2(O)CCC(C)CC2)cc1. The summed E-state index contributed by atoms with van der Waals surface area (Å²) in [5, 5.41) is 13.8. The number of aliphatic hydroxyl groups is 1. The van der Waals surface area contributed by atoms with Gasteiger partial charge in [0.1, 0.15) is 0 Å². The van der Waals surface area contributed by atoms with E-state index in [1.165, 1.54) is 11.1 Å². The van der Waals surface area contributed by atoms with E-state index in [2.05, 4.69) is 43.4 Å². The highest BCUT2D eigenvalue weighted by Gasteiger charge is 2.31. The summed E-state index contributed by atoms with van der Waals surface area (Å²) in [6.07, 6.45) is 4.19. The van der Waals surface area contributed by atoms with Gasteiger partial charge >= 0.3 is 0 Å². The van der Waals surface area contributed by atoms with Gasteiger partial charge in [0.15, 0.2) is 0 Å². The van der Waals surface area contributed by atoms with Crippen LogP contribution in [0.4, 0.5) is 0 Å². The zero-order valence-corrected chi connectivity index (χ0v) is 11.6. The van der Waals surface area contributed by atoms with Crippen molar-refractivity contribution in [2.24, 2.45) is 5.92 Å². The first-order valence-corrected chi connectivity index (χ1v) is 7.06. The maximum atomic E-state index is 10.4. The Morgan fingerprint density at radius 1 is 1.22 bits per heavy atom. The fourth-order valence-electron chi connectivity index (χ4n) is 2.62. The standard InChI is InChI=1S/C16H25NO/c1-13-3-5-15(6-4-13)11-17-12-16(18)9-7-14(2)8-10-16/h3-6,14,17-18H,7-12H2,1-2H3. The molecule has 2 nitrogen and oxygen atoms in total. The van der Waals surface area contributed by atoms with Gasteiger partial charge in [0.05, 0.1) is 5.60 Å². The number of hydrogen-bond acceptors (Lipinski definition) is 2. The van der Waals surface area contributed by atoms with Crippen LogP contribution in [0.1, 0.15) is 43.7 Å². The highest BCUT2D eigenvalue weighted by molar-refractivity contribution is 5.21. The molecule has 0 atom stereocenters. The van der Waals surface area contributed by atoms with Crippen LogP contribution in [0.25, 0.3) is 0 Å². The second kappa shape index (κ2) is 5.85. The average Bonchev–Trinajstić information content (AvgIpc) is 2.36. The number of rotatable bonds is 4. The van der Waals surface area contributed by atoms with Crippen LogP contribution >= 0.6 is 0 Å². The number of hydrogen-bond donors (Lipinski definition) is 2. The molecule has 1 saturated carbocycles. The molecule has 0 heterocycles. The van der Waals surface area contributed by atoms with Gasteiger partial charge in [0, 0.05) is 13.1 Å². The topological polar surface area (TPSA) is 32.3 Å². The third-order valence-corrected chi connectivity index (χ3v) is 4.11. The Balaban J connectivity index is 1.76. The van der Waals surface area contributed by atoms with Gasteiger partial charge in [-0.25, -0.2) is 0 Å². The molecule has 0 aromatic heterocycles. The van der Waals surface area contributed by atoms with E-state index in [4.69, 9.17) is 0 Å². The predicted octanol–water partition coefficient (Wildman–Crippen LogP) is 3.03. The van der Waals surface area contributed by atoms with Crippen LogP contribution in [-0.4, -0.2) is 17.3 Å². The lowest BCUT2D eigenvalue weighted by Crippen LogP contribution is -2.43. The molecule has 0 aliphatic heterocycles. The Kier molecular flexibility index (Phi) is 4.41. The lowest BCUT2D eigenvalue weighted by atomic mass is 9.79. The van der Waals surface area contributed by atoms with Gasteiger partial charge in [0.25, 0.3) is 0 Å². The molecule has 0 radical (unpaired) electrons. The van der Waals surface area contributed by atoms with Crippen molar-refractivity contribution in [2.75, 3.05) is 6.54 Å². The molecule has 0 unspecified atom stereocenters. The highest BCUT2D eigenvalue weighted by atomic mass is 16.3. The van der Waals surface area contributed by atoms with Crippen molar-refractivity contribution in [3.05, 3.63) is 35.4 Å². The fourth-order valence-corrected chi connectivity index (χ4v) is 2.62. The molecule has 1 aliphatic rings. The van der Waals surface area contributed by atoms with Crippen LogP contribution in [0.15, 0.2) is 24.3 Å². The highest BCUT2D eigenvalue weighted by Crippen LogP contribution is 2.31. The van der Waals surface area contributed by atoms with Gasteiger partial charge in [0.2, 0.25) is 0 Å². The van der Waals surface area contributed by atoms with E-state index in [0.29, 0.717) is 6.54 Å². The minimum absolute atomic E-state index is 0.475. The van der Waals surface area contributed by atoms with Crippen LogP contribution in [-0.2, 0) is 6.54 Å². The number of benzene rings is 1. The molecule has 100 valence electrons. The van der Waals surface area contributed by atoms with Gasteiger partial charge in [-0.2, -0.15) is 0 Å². The number of nitrogens with one attached hydrogen (secondary N) is 1. The molecule has 2 heteroatoms. The molecule has 0 spiro atoms. The third kappa shape index (κ3) is 3.82. The van der Waals surface area contributed by atoms with E-state index >= 15 is 0 Å². The van der Waals surface area contributed by atoms with E-state index in [1.807, 2.05) is 0 Å². The number of aryl methyl sites for hydroxylation is 1. The fraction of sp³-hybridized carbons (Fsp3) is 0.625. The molecule has 1 fully saturated rings. The maximum Gasteiger partial charge on any atom is 0.0771 e. The molecule has 1 aromatic carbocycles. The molecule has 1 aromatic rings. The molecular formula is C16H25NO. The van der Waals surface area contributed by atoms with Crippen LogP contribution in [0.5, 0.6) is 0 Å². The zero-order chi connectivity index (χ0) is 13.0. The van der Waals surface area contributed by atoms with Crippen LogP contribution < -0.4 is 5.32 Å². The van der Waals surface area contributed by atoms with Crippen molar-refractivity contribution in [3.63, 3.8) is 0 Å². The van der Waals surface area contributed by atoms with E-state index in [9.17, 15) is 5.11 Å². The van der Waals surface area contributed by atoms with Crippen molar-refractivity contribution >= 4 is 0 Å². The summed E-state index contributed by atoms with van der Waals surface area (Å²) >= 11 is 0. The quantitative estimate of drug-likeness (QED) is 0.857. The van der Waals surface area contributed by atoms with Gasteiger partial charge in [-0.15, -0.1) is 0 Å². The Morgan fingerprint density at radius 2 is 1.83 bits per heavy atom. The summed E-state index contributed by atoms with van der Waals surface area (Å²) in [6.45, 7) is 5.94. The minimum atomic E-state index is -0.475. The van der Waals surface area contributed by atoms with Crippen molar-refractivity contribution in [3.8, 4) is 0 Å². The third-order valence-electron chi connectivity index (χ3n) is 4.11. The van der Waals surface area contributed by atoms with Gasteiger partial charge in [-0.3, -0.25) is 0 Å². The minimum Gasteiger partial charge on any atom is -0.389 e. The summed E-state index contributed by atoms with van der Waals surface area (Å²) in [5.41, 5.74) is 2.10. The van der Waals surface area contributed by atoms with E-state index in [-0.39, 0.29) is 0 Å². The lowest BCUT2D eigenvalue weighted by molar-refractivity contribution is -0.00630. The second-order valence-corrected chi connectivity index (χ2v) is 6.00. The molecule has 1 aliphatic carbocycles. The molecule has 2 rings (SSSR count). The predicted molar refractivity (Wildman–Crippen MR) is 75.5 cm³/mol. The largest absolute Gasteiger partial charge is 0.389 e. The summed E-state index contributed by atoms with van der Waals surface area (Å²) in [4.78, 5) is 0. The molecule has 0 amide bonds. The van der Waals surface area contributed by atoms with Crippen LogP contribution in [0.3, 0.4) is 0 Å². The van der Waals surface area contributed by atoms with Crippen LogP contribution in [0.2, 0.25) is 0 Å². The van der Waals surface area contributed by atoms with Gasteiger partial charge in [-0.05, 0) is 44.1 Å². The first-order chi connectivity index (χ1) is 8.57. The monoisotopic (exact) mass is 247 g/mol. The lowest BCUT2D eigenvalue weighted by Gasteiger charge is -2.35. The van der Waals surface area contributed by atoms with Crippen molar-refractivity contribution in [1.29, 1.82) is 0 Å². The van der Waals surface area contributed by atoms with Gasteiger partial charge < -0.3 is 10.4 Å². The molecular weight excluding hydrogens is 222 g/mol. The summed E-state index contributed by atoms with van der Waals surface area (Å²) in [5.74, 6) is 0.780. The smallest absolute Gasteiger partial charge is 0.0771 e. The second-order valence-electron chi connectivity index (χ2n) is 6.00. The summed E-state index contributed by atoms with van der Waals surface area (Å²) in [6, 6.07) is 8.56. The summed E-state index contributed by atoms with van der Waals surface area (Å²) < 4.78 is 0. The molecule has 2 N–H and O–H groups in total. The maximum absolute atomic E-state index is 10.4. The van der Waals surface area contributed by atoms with Crippen molar-refractivity contribution in [2.45, 2.75) is 51.7 Å². The zero-order valence-electron chi connectivity index (χ0n) is 11.6. The summed E-state index contributed by atoms with van der Waals surface area (Å²) in [7, 11) is 0. The van der Waals surface area contributed by atoms with Crippen molar-refractivity contribution in [1.82, 2.24) is 5.32 Å². The molecule has 0 saturated heterocycles. The first-order valence-electron chi connectivity index (χ1n) is 7.06. The Hall–Kier alpha value is -0.860. The average molecular weight is 247 g/mol. The molecule has 18 heavy (non-hydrogen) atoms. The first kappa shape index (κ1) is 13.6. The van der Waals surface area contributed by atoms with E-state index < -0.39 is 5.60 Å². The van der Waals surface area contributed by atoms with Crippen molar-refractivity contribution < 1.29 is 5.11 Å². The Bertz CT molecular complexity index is 363. The Labute approximate surface area is 110 Å². The molecule has 0 bridgehead atoms. The normalized spacial score (nSPS) is 28.3. The van der Waals surface area contributed by atoms with E-state index in [1.54, 1.807) is 0 Å². The van der Waals surface area contributed by atoms with Crippen LogP contribution in [0, 0.1) is 12.8 Å². The van der Waals surface area contributed by atoms with E-state index in [0.717, 1.165) is 38.1 Å².